The molecule has 0 amide bonds. The first-order chi connectivity index (χ1) is 16.2. The van der Waals surface area contributed by atoms with Gasteiger partial charge in [-0.1, -0.05) is 0 Å². The van der Waals surface area contributed by atoms with E-state index < -0.39 is 23.3 Å². The van der Waals surface area contributed by atoms with Crippen molar-refractivity contribution in [3.8, 4) is 0 Å². The third-order valence-electron chi connectivity index (χ3n) is 6.65. The number of halogens is 3. The van der Waals surface area contributed by atoms with Crippen LogP contribution in [0.1, 0.15) is 59.6 Å². The number of aliphatic hydroxyl groups excluding tert-OH is 1. The van der Waals surface area contributed by atoms with Gasteiger partial charge in [0.15, 0.2) is 0 Å². The van der Waals surface area contributed by atoms with E-state index in [0.29, 0.717) is 62.6 Å². The first kappa shape index (κ1) is 25.2. The van der Waals surface area contributed by atoms with E-state index in [9.17, 15) is 23.1 Å². The smallest absolute Gasteiger partial charge is 0.425 e. The van der Waals surface area contributed by atoms with Crippen LogP contribution in [0.25, 0.3) is 0 Å². The lowest BCUT2D eigenvalue weighted by atomic mass is 9.81. The zero-order chi connectivity index (χ0) is 24.5. The molecule has 34 heavy (non-hydrogen) atoms. The van der Waals surface area contributed by atoms with Gasteiger partial charge in [0, 0.05) is 41.3 Å². The fourth-order valence-corrected chi connectivity index (χ4v) is 6.46. The number of fused-ring (bicyclic) bond motifs is 2. The number of rotatable bonds is 7. The van der Waals surface area contributed by atoms with E-state index in [1.54, 1.807) is 17.8 Å². The van der Waals surface area contributed by atoms with E-state index in [1.165, 1.54) is 0 Å². The third-order valence-corrected chi connectivity index (χ3v) is 8.15. The monoisotopic (exact) mass is 501 g/mol. The minimum Gasteiger partial charge on any atom is -0.466 e. The van der Waals surface area contributed by atoms with Crippen molar-refractivity contribution < 1.29 is 32.5 Å². The van der Waals surface area contributed by atoms with E-state index in [-0.39, 0.29) is 24.0 Å². The lowest BCUT2D eigenvalue weighted by Gasteiger charge is -2.47. The number of aryl methyl sites for hydroxylation is 1. The molecular weight excluding hydrogens is 471 g/mol. The number of piperidine rings is 1. The van der Waals surface area contributed by atoms with Gasteiger partial charge in [-0.25, -0.2) is 0 Å². The Hall–Kier alpha value is -1.95. The molecule has 2 aliphatic heterocycles. The number of thiophene rings is 1. The Kier molecular flexibility index (Phi) is 7.37. The maximum Gasteiger partial charge on any atom is 0.425 e. The quantitative estimate of drug-likeness (QED) is 0.581. The standard InChI is InChI=1S/C23H30F3N3O4S/c1-3-32-19(31)4-7-29-13-16(11-27-29)12-28-8-6-22(10-15(28)2)20-17(5-9-33-22)18(14-30)21(34-20)23(24,25)26/h11,13,15,30H,3-10,12,14H2,1-2H3/t15-,22+/m0/s1. The largest absolute Gasteiger partial charge is 0.466 e. The third kappa shape index (κ3) is 5.02. The van der Waals surface area contributed by atoms with Crippen molar-refractivity contribution >= 4 is 17.3 Å². The Morgan fingerprint density at radius 3 is 2.91 bits per heavy atom. The van der Waals surface area contributed by atoms with Gasteiger partial charge >= 0.3 is 12.1 Å². The summed E-state index contributed by atoms with van der Waals surface area (Å²) >= 11 is 0.741. The highest BCUT2D eigenvalue weighted by molar-refractivity contribution is 7.12. The van der Waals surface area contributed by atoms with Crippen LogP contribution >= 0.6 is 11.3 Å². The molecular formula is C23H30F3N3O4S. The van der Waals surface area contributed by atoms with Crippen molar-refractivity contribution in [2.45, 2.75) is 77.0 Å². The maximum absolute atomic E-state index is 13.6. The molecule has 2 aromatic rings. The average Bonchev–Trinajstić information content (AvgIpc) is 3.39. The lowest BCUT2D eigenvalue weighted by molar-refractivity contribution is -0.143. The number of hydrogen-bond acceptors (Lipinski definition) is 7. The molecule has 0 radical (unpaired) electrons. The molecule has 2 aliphatic rings. The minimum atomic E-state index is -4.49. The second-order valence-electron chi connectivity index (χ2n) is 8.91. The molecule has 0 unspecified atom stereocenters. The molecule has 1 saturated heterocycles. The minimum absolute atomic E-state index is 0.0143. The number of ether oxygens (including phenoxy) is 2. The van der Waals surface area contributed by atoms with Crippen molar-refractivity contribution in [3.05, 3.63) is 38.8 Å². The number of alkyl halides is 3. The number of aliphatic hydroxyl groups is 1. The summed E-state index contributed by atoms with van der Waals surface area (Å²) in [6.07, 6.45) is 1.02. The van der Waals surface area contributed by atoms with E-state index >= 15 is 0 Å². The number of carbonyl (C=O) groups excluding carboxylic acids is 1. The molecule has 7 nitrogen and oxygen atoms in total. The van der Waals surface area contributed by atoms with Crippen LogP contribution in [-0.4, -0.2) is 51.6 Å². The molecule has 188 valence electrons. The molecule has 0 bridgehead atoms. The molecule has 4 heterocycles. The molecule has 2 atom stereocenters. The Balaban J connectivity index is 1.45. The highest BCUT2D eigenvalue weighted by Gasteiger charge is 2.48. The molecule has 0 aliphatic carbocycles. The molecule has 1 spiro atoms. The summed E-state index contributed by atoms with van der Waals surface area (Å²) < 4.78 is 53.7. The van der Waals surface area contributed by atoms with Crippen molar-refractivity contribution in [2.75, 3.05) is 19.8 Å². The summed E-state index contributed by atoms with van der Waals surface area (Å²) in [6.45, 7) is 5.70. The van der Waals surface area contributed by atoms with E-state index in [4.69, 9.17) is 9.47 Å². The summed E-state index contributed by atoms with van der Waals surface area (Å²) in [5, 5.41) is 14.0. The average molecular weight is 502 g/mol. The van der Waals surface area contributed by atoms with Gasteiger partial charge in [-0.2, -0.15) is 18.3 Å². The van der Waals surface area contributed by atoms with Crippen LogP contribution in [-0.2, 0) is 52.2 Å². The summed E-state index contributed by atoms with van der Waals surface area (Å²) in [5.74, 6) is -0.257. The number of hydrogen-bond donors (Lipinski definition) is 1. The van der Waals surface area contributed by atoms with Crippen molar-refractivity contribution in [3.63, 3.8) is 0 Å². The van der Waals surface area contributed by atoms with Gasteiger partial charge < -0.3 is 14.6 Å². The van der Waals surface area contributed by atoms with Gasteiger partial charge in [0.2, 0.25) is 0 Å². The zero-order valence-corrected chi connectivity index (χ0v) is 20.2. The molecule has 1 fully saturated rings. The van der Waals surface area contributed by atoms with Gasteiger partial charge in [-0.3, -0.25) is 14.4 Å². The second kappa shape index (κ2) is 9.96. The van der Waals surface area contributed by atoms with Crippen LogP contribution in [0, 0.1) is 0 Å². The molecule has 11 heteroatoms. The van der Waals surface area contributed by atoms with Crippen molar-refractivity contribution in [1.29, 1.82) is 0 Å². The maximum atomic E-state index is 13.6. The number of carbonyl (C=O) groups is 1. The molecule has 0 aromatic carbocycles. The van der Waals surface area contributed by atoms with Gasteiger partial charge in [-0.05, 0) is 38.7 Å². The van der Waals surface area contributed by atoms with Crippen LogP contribution in [0.2, 0.25) is 0 Å². The van der Waals surface area contributed by atoms with Crippen LogP contribution in [0.4, 0.5) is 13.2 Å². The highest BCUT2D eigenvalue weighted by atomic mass is 32.1. The number of nitrogens with zero attached hydrogens (tertiary/aromatic N) is 3. The molecule has 4 rings (SSSR count). The second-order valence-corrected chi connectivity index (χ2v) is 9.93. The van der Waals surface area contributed by atoms with Crippen LogP contribution in [0.15, 0.2) is 12.4 Å². The molecule has 2 aromatic heterocycles. The normalized spacial score (nSPS) is 23.3. The van der Waals surface area contributed by atoms with E-state index in [1.807, 2.05) is 6.20 Å². The predicted molar refractivity (Wildman–Crippen MR) is 119 cm³/mol. The van der Waals surface area contributed by atoms with Gasteiger partial charge in [-0.15, -0.1) is 11.3 Å². The van der Waals surface area contributed by atoms with E-state index in [0.717, 1.165) is 16.9 Å². The zero-order valence-electron chi connectivity index (χ0n) is 19.4. The van der Waals surface area contributed by atoms with Crippen LogP contribution in [0.5, 0.6) is 0 Å². The summed E-state index contributed by atoms with van der Waals surface area (Å²) in [7, 11) is 0. The fourth-order valence-electron chi connectivity index (χ4n) is 5.05. The van der Waals surface area contributed by atoms with Gasteiger partial charge in [0.1, 0.15) is 10.5 Å². The SMILES string of the molecule is CCOC(=O)CCn1cc(CN2CC[C@]3(C[C@@H]2C)OCCc2c3sc(C(F)(F)F)c2CO)cn1. The highest BCUT2D eigenvalue weighted by Crippen LogP contribution is 2.51. The summed E-state index contributed by atoms with van der Waals surface area (Å²) in [5.41, 5.74) is 0.899. The Labute approximate surface area is 200 Å². The van der Waals surface area contributed by atoms with Crippen molar-refractivity contribution in [2.24, 2.45) is 0 Å². The first-order valence-electron chi connectivity index (χ1n) is 11.5. The van der Waals surface area contributed by atoms with Gasteiger partial charge in [0.25, 0.3) is 0 Å². The Morgan fingerprint density at radius 1 is 1.44 bits per heavy atom. The first-order valence-corrected chi connectivity index (χ1v) is 12.4. The fraction of sp³-hybridized carbons (Fsp3) is 0.652. The van der Waals surface area contributed by atoms with Gasteiger partial charge in [0.05, 0.1) is 39.0 Å². The number of likely N-dealkylation sites (tertiary alicyclic amines) is 1. The lowest BCUT2D eigenvalue weighted by Crippen LogP contribution is -2.50. The topological polar surface area (TPSA) is 76.8 Å². The Bertz CT molecular complexity index is 1020. The van der Waals surface area contributed by atoms with Crippen LogP contribution < -0.4 is 0 Å². The number of esters is 1. The Morgan fingerprint density at radius 2 is 2.24 bits per heavy atom. The molecule has 1 N–H and O–H groups in total. The van der Waals surface area contributed by atoms with Crippen molar-refractivity contribution in [1.82, 2.24) is 14.7 Å². The molecule has 0 saturated carbocycles. The summed E-state index contributed by atoms with van der Waals surface area (Å²) in [4.78, 5) is 13.8. The predicted octanol–water partition coefficient (Wildman–Crippen LogP) is 3.86. The number of aromatic nitrogens is 2. The summed E-state index contributed by atoms with van der Waals surface area (Å²) in [6, 6.07) is 0.0802. The van der Waals surface area contributed by atoms with E-state index in [2.05, 4.69) is 16.9 Å². The van der Waals surface area contributed by atoms with Crippen LogP contribution in [0.3, 0.4) is 0 Å².